The van der Waals surface area contributed by atoms with Crippen LogP contribution in [0.5, 0.6) is 0 Å². The molecule has 0 aliphatic heterocycles. The minimum atomic E-state index is -0.726. The lowest BCUT2D eigenvalue weighted by atomic mass is 10.1. The van der Waals surface area contributed by atoms with E-state index in [2.05, 4.69) is 13.5 Å². The quantitative estimate of drug-likeness (QED) is 0.198. The van der Waals surface area contributed by atoms with Gasteiger partial charge in [0.05, 0.1) is 13.2 Å². The van der Waals surface area contributed by atoms with Crippen LogP contribution in [0, 0.1) is 0 Å². The van der Waals surface area contributed by atoms with Crippen molar-refractivity contribution in [3.63, 3.8) is 0 Å². The normalized spacial score (nSPS) is 12.2. The highest BCUT2D eigenvalue weighted by Gasteiger charge is 2.21. The maximum absolute atomic E-state index is 5.77. The zero-order valence-electron chi connectivity index (χ0n) is 13.1. The van der Waals surface area contributed by atoms with Crippen molar-refractivity contribution in [2.75, 3.05) is 13.2 Å². The van der Waals surface area contributed by atoms with E-state index in [1.807, 2.05) is 19.9 Å². The molecular formula is C15H31BO2P. The molecule has 0 aromatic heterocycles. The molecule has 0 saturated carbocycles. The van der Waals surface area contributed by atoms with Crippen molar-refractivity contribution in [2.24, 2.45) is 0 Å². The van der Waals surface area contributed by atoms with E-state index < -0.39 is 8.38 Å². The third-order valence-corrected chi connectivity index (χ3v) is 4.98. The van der Waals surface area contributed by atoms with Crippen LogP contribution >= 0.6 is 8.38 Å². The third-order valence-electron chi connectivity index (χ3n) is 2.89. The van der Waals surface area contributed by atoms with Gasteiger partial charge in [0, 0.05) is 14.1 Å². The molecule has 0 saturated heterocycles. The smallest absolute Gasteiger partial charge is 0.174 e. The van der Waals surface area contributed by atoms with Crippen LogP contribution in [0.4, 0.5) is 0 Å². The van der Waals surface area contributed by atoms with Crippen molar-refractivity contribution in [1.82, 2.24) is 0 Å². The van der Waals surface area contributed by atoms with E-state index in [4.69, 9.17) is 9.05 Å². The lowest BCUT2D eigenvalue weighted by molar-refractivity contribution is 0.260. The average molecular weight is 285 g/mol. The second-order valence-electron chi connectivity index (χ2n) is 4.50. The van der Waals surface area contributed by atoms with E-state index in [9.17, 15) is 0 Å². The highest BCUT2D eigenvalue weighted by atomic mass is 31.2. The molecule has 0 amide bonds. The summed E-state index contributed by atoms with van der Waals surface area (Å²) in [6.45, 7) is 11.7. The van der Waals surface area contributed by atoms with E-state index in [0.717, 1.165) is 19.6 Å². The summed E-state index contributed by atoms with van der Waals surface area (Å²) in [5.41, 5.74) is 0.527. The van der Waals surface area contributed by atoms with Crippen LogP contribution in [-0.4, -0.2) is 27.3 Å². The van der Waals surface area contributed by atoms with Crippen molar-refractivity contribution in [3.8, 4) is 0 Å². The van der Waals surface area contributed by atoms with Crippen LogP contribution in [-0.2, 0) is 9.05 Å². The second-order valence-corrected chi connectivity index (χ2v) is 6.32. The van der Waals surface area contributed by atoms with Crippen LogP contribution in [0.2, 0.25) is 0 Å². The number of hydrogen-bond acceptors (Lipinski definition) is 2. The molecule has 1 atom stereocenters. The number of rotatable bonds is 13. The predicted molar refractivity (Wildman–Crippen MR) is 87.9 cm³/mol. The van der Waals surface area contributed by atoms with Gasteiger partial charge >= 0.3 is 0 Å². The molecule has 3 radical (unpaired) electrons. The predicted octanol–water partition coefficient (Wildman–Crippen LogP) is 5.30. The largest absolute Gasteiger partial charge is 0.334 e. The minimum absolute atomic E-state index is 0. The van der Waals surface area contributed by atoms with Gasteiger partial charge in [-0.1, -0.05) is 45.1 Å². The summed E-state index contributed by atoms with van der Waals surface area (Å²) in [5.74, 6) is 0. The first-order valence-corrected chi connectivity index (χ1v) is 8.70. The molecule has 19 heavy (non-hydrogen) atoms. The molecule has 2 nitrogen and oxygen atoms in total. The van der Waals surface area contributed by atoms with Crippen LogP contribution < -0.4 is 0 Å². The highest BCUT2D eigenvalue weighted by Crippen LogP contribution is 2.47. The summed E-state index contributed by atoms with van der Waals surface area (Å²) in [6, 6.07) is 0. The SMILES string of the molecule is C=CCC(CCCCCCC)P(OCC)OCC.[B]. The standard InChI is InChI=1S/C15H31O2P.B/c1-5-9-10-11-12-14-15(13-6-2)18(16-7-3)17-8-4;/h6,15H,2,5,7-14H2,1,3-4H3;. The van der Waals surface area contributed by atoms with Crippen LogP contribution in [0.15, 0.2) is 12.7 Å². The van der Waals surface area contributed by atoms with Gasteiger partial charge in [0.15, 0.2) is 8.38 Å². The fourth-order valence-corrected chi connectivity index (χ4v) is 3.71. The van der Waals surface area contributed by atoms with Gasteiger partial charge in [-0.3, -0.25) is 0 Å². The summed E-state index contributed by atoms with van der Waals surface area (Å²) in [7, 11) is -0.726. The Morgan fingerprint density at radius 3 is 2.05 bits per heavy atom. The molecule has 111 valence electrons. The number of unbranched alkanes of at least 4 members (excludes halogenated alkanes) is 4. The average Bonchev–Trinajstić information content (AvgIpc) is 2.37. The fourth-order valence-electron chi connectivity index (χ4n) is 1.99. The Balaban J connectivity index is 0. The minimum Gasteiger partial charge on any atom is -0.334 e. The topological polar surface area (TPSA) is 18.5 Å². The van der Waals surface area contributed by atoms with E-state index in [1.54, 1.807) is 0 Å². The summed E-state index contributed by atoms with van der Waals surface area (Å²) < 4.78 is 11.5. The van der Waals surface area contributed by atoms with Gasteiger partial charge in [-0.25, -0.2) is 0 Å². The van der Waals surface area contributed by atoms with Gasteiger partial charge < -0.3 is 9.05 Å². The molecule has 0 bridgehead atoms. The first-order chi connectivity index (χ1) is 8.79. The Hall–Kier alpha value is 0.155. The monoisotopic (exact) mass is 285 g/mol. The first-order valence-electron chi connectivity index (χ1n) is 7.46. The maximum atomic E-state index is 5.77. The van der Waals surface area contributed by atoms with E-state index in [1.165, 1.54) is 38.5 Å². The maximum Gasteiger partial charge on any atom is 0.174 e. The van der Waals surface area contributed by atoms with E-state index in [-0.39, 0.29) is 8.41 Å². The zero-order chi connectivity index (χ0) is 13.6. The summed E-state index contributed by atoms with van der Waals surface area (Å²) in [4.78, 5) is 0. The molecule has 0 aromatic carbocycles. The summed E-state index contributed by atoms with van der Waals surface area (Å²) >= 11 is 0. The molecule has 0 aromatic rings. The van der Waals surface area contributed by atoms with Gasteiger partial charge in [0.2, 0.25) is 0 Å². The molecule has 0 heterocycles. The Morgan fingerprint density at radius 2 is 1.58 bits per heavy atom. The number of allylic oxidation sites excluding steroid dienone is 1. The molecule has 0 N–H and O–H groups in total. The molecule has 0 spiro atoms. The molecule has 1 unspecified atom stereocenters. The van der Waals surface area contributed by atoms with E-state index in [0.29, 0.717) is 5.66 Å². The van der Waals surface area contributed by atoms with Gasteiger partial charge in [0.25, 0.3) is 0 Å². The van der Waals surface area contributed by atoms with Gasteiger partial charge in [-0.05, 0) is 26.7 Å². The van der Waals surface area contributed by atoms with Crippen molar-refractivity contribution >= 4 is 16.8 Å². The molecule has 0 rings (SSSR count). The molecule has 4 heteroatoms. The van der Waals surface area contributed by atoms with Crippen molar-refractivity contribution in [2.45, 2.75) is 71.4 Å². The Bertz CT molecular complexity index is 185. The van der Waals surface area contributed by atoms with Gasteiger partial charge in [-0.2, -0.15) is 0 Å². The Labute approximate surface area is 123 Å². The lowest BCUT2D eigenvalue weighted by Crippen LogP contribution is -2.09. The van der Waals surface area contributed by atoms with Crippen LogP contribution in [0.3, 0.4) is 0 Å². The first kappa shape index (κ1) is 21.5. The highest BCUT2D eigenvalue weighted by molar-refractivity contribution is 7.48. The van der Waals surface area contributed by atoms with Crippen molar-refractivity contribution in [3.05, 3.63) is 12.7 Å². The van der Waals surface area contributed by atoms with Crippen molar-refractivity contribution in [1.29, 1.82) is 0 Å². The van der Waals surface area contributed by atoms with Crippen LogP contribution in [0.25, 0.3) is 0 Å². The van der Waals surface area contributed by atoms with E-state index >= 15 is 0 Å². The second kappa shape index (κ2) is 16.2. The Kier molecular flexibility index (Phi) is 18.3. The molecule has 0 aliphatic rings. The molecule has 0 fully saturated rings. The lowest BCUT2D eigenvalue weighted by Gasteiger charge is -2.24. The van der Waals surface area contributed by atoms with Crippen LogP contribution in [0.1, 0.15) is 65.7 Å². The van der Waals surface area contributed by atoms with Gasteiger partial charge in [-0.15, -0.1) is 6.58 Å². The van der Waals surface area contributed by atoms with Crippen molar-refractivity contribution < 1.29 is 9.05 Å². The zero-order valence-corrected chi connectivity index (χ0v) is 14.0. The van der Waals surface area contributed by atoms with Gasteiger partial charge in [0.1, 0.15) is 0 Å². The molecule has 0 aliphatic carbocycles. The fraction of sp³-hybridized carbons (Fsp3) is 0.867. The third kappa shape index (κ3) is 11.7. The summed E-state index contributed by atoms with van der Waals surface area (Å²) in [5, 5.41) is 0. The number of hydrogen-bond donors (Lipinski definition) is 0. The summed E-state index contributed by atoms with van der Waals surface area (Å²) in [6.07, 6.45) is 10.9. The molecular weight excluding hydrogens is 254 g/mol. The Morgan fingerprint density at radius 1 is 1.00 bits per heavy atom.